The van der Waals surface area contributed by atoms with Crippen LogP contribution in [0.4, 0.5) is 10.8 Å². The van der Waals surface area contributed by atoms with Crippen molar-refractivity contribution in [1.29, 1.82) is 0 Å². The standard InChI is InChI=1S/C10H16N4O2S/c11-8-7(9(16)13-6-2-3-6)10(17-14-8)12-4-1-5-15/h6,12,15H,1-5H2,(H2,11,14)(H,13,16). The van der Waals surface area contributed by atoms with Crippen molar-refractivity contribution < 1.29 is 9.90 Å². The fourth-order valence-electron chi connectivity index (χ4n) is 1.41. The van der Waals surface area contributed by atoms with Crippen LogP contribution in [-0.2, 0) is 0 Å². The maximum Gasteiger partial charge on any atom is 0.258 e. The number of nitrogens with one attached hydrogen (secondary N) is 2. The Kier molecular flexibility index (Phi) is 3.80. The molecule has 1 heterocycles. The molecule has 0 radical (unpaired) electrons. The summed E-state index contributed by atoms with van der Waals surface area (Å²) in [6, 6.07) is 0.298. The van der Waals surface area contributed by atoms with Crippen LogP contribution >= 0.6 is 11.5 Å². The lowest BCUT2D eigenvalue weighted by Crippen LogP contribution is -2.26. The van der Waals surface area contributed by atoms with Gasteiger partial charge in [0.2, 0.25) is 0 Å². The number of nitrogen functional groups attached to an aromatic ring is 1. The number of anilines is 2. The van der Waals surface area contributed by atoms with E-state index >= 15 is 0 Å². The second-order valence-corrected chi connectivity index (χ2v) is 4.80. The van der Waals surface area contributed by atoms with E-state index in [1.54, 1.807) is 0 Å². The molecule has 0 aliphatic heterocycles. The topological polar surface area (TPSA) is 100 Å². The van der Waals surface area contributed by atoms with Crippen molar-refractivity contribution in [3.8, 4) is 0 Å². The lowest BCUT2D eigenvalue weighted by molar-refractivity contribution is 0.0953. The predicted octanol–water partition coefficient (Wildman–Crippen LogP) is 0.412. The second kappa shape index (κ2) is 5.33. The summed E-state index contributed by atoms with van der Waals surface area (Å²) in [7, 11) is 0. The largest absolute Gasteiger partial charge is 0.396 e. The van der Waals surface area contributed by atoms with Gasteiger partial charge in [-0.25, -0.2) is 0 Å². The number of amides is 1. The maximum absolute atomic E-state index is 11.9. The molecule has 1 aromatic heterocycles. The first kappa shape index (κ1) is 12.1. The molecule has 1 aliphatic rings. The van der Waals surface area contributed by atoms with Gasteiger partial charge < -0.3 is 21.5 Å². The lowest BCUT2D eigenvalue weighted by atomic mass is 10.3. The van der Waals surface area contributed by atoms with Crippen molar-refractivity contribution in [3.05, 3.63) is 5.56 Å². The van der Waals surface area contributed by atoms with Crippen LogP contribution in [0.1, 0.15) is 29.6 Å². The average molecular weight is 256 g/mol. The van der Waals surface area contributed by atoms with Gasteiger partial charge in [0.1, 0.15) is 10.6 Å². The molecule has 0 bridgehead atoms. The number of nitrogens with zero attached hydrogens (tertiary/aromatic N) is 1. The summed E-state index contributed by atoms with van der Waals surface area (Å²) in [5.74, 6) is 0.102. The molecule has 5 N–H and O–H groups in total. The summed E-state index contributed by atoms with van der Waals surface area (Å²) in [5.41, 5.74) is 6.12. The van der Waals surface area contributed by atoms with Gasteiger partial charge in [0.25, 0.3) is 5.91 Å². The summed E-state index contributed by atoms with van der Waals surface area (Å²) in [6.45, 7) is 0.715. The monoisotopic (exact) mass is 256 g/mol. The molecule has 1 amide bonds. The van der Waals surface area contributed by atoms with Crippen LogP contribution in [0.25, 0.3) is 0 Å². The molecule has 0 saturated heterocycles. The second-order valence-electron chi connectivity index (χ2n) is 4.02. The number of hydrogen-bond acceptors (Lipinski definition) is 6. The molecular weight excluding hydrogens is 240 g/mol. The maximum atomic E-state index is 11.9. The SMILES string of the molecule is Nc1nsc(NCCCO)c1C(=O)NC1CC1. The van der Waals surface area contributed by atoms with Crippen molar-refractivity contribution in [2.75, 3.05) is 24.2 Å². The number of aromatic nitrogens is 1. The zero-order chi connectivity index (χ0) is 12.3. The highest BCUT2D eigenvalue weighted by Crippen LogP contribution is 2.28. The number of aliphatic hydroxyl groups is 1. The number of carbonyl (C=O) groups excluding carboxylic acids is 1. The number of nitrogens with two attached hydrogens (primary N) is 1. The lowest BCUT2D eigenvalue weighted by Gasteiger charge is -2.06. The molecule has 6 nitrogen and oxygen atoms in total. The van der Waals surface area contributed by atoms with Gasteiger partial charge in [0.05, 0.1) is 0 Å². The summed E-state index contributed by atoms with van der Waals surface area (Å²) >= 11 is 1.17. The first-order valence-corrected chi connectivity index (χ1v) is 6.40. The molecule has 0 spiro atoms. The van der Waals surface area contributed by atoms with Crippen molar-refractivity contribution in [2.24, 2.45) is 0 Å². The summed E-state index contributed by atoms with van der Waals surface area (Å²) in [5, 5.41) is 15.3. The van der Waals surface area contributed by atoms with E-state index in [9.17, 15) is 4.79 Å². The number of aliphatic hydroxyl groups excluding tert-OH is 1. The number of rotatable bonds is 6. The Bertz CT molecular complexity index is 403. The Morgan fingerprint density at radius 3 is 3.00 bits per heavy atom. The quantitative estimate of drug-likeness (QED) is 0.552. The van der Waals surface area contributed by atoms with Crippen molar-refractivity contribution in [2.45, 2.75) is 25.3 Å². The zero-order valence-corrected chi connectivity index (χ0v) is 10.2. The first-order chi connectivity index (χ1) is 8.22. The molecule has 94 valence electrons. The Hall–Kier alpha value is -1.34. The van der Waals surface area contributed by atoms with Crippen LogP contribution in [0.3, 0.4) is 0 Å². The molecule has 1 fully saturated rings. The first-order valence-electron chi connectivity index (χ1n) is 5.63. The van der Waals surface area contributed by atoms with Gasteiger partial charge >= 0.3 is 0 Å². The Labute approximate surface area is 103 Å². The Morgan fingerprint density at radius 1 is 1.59 bits per heavy atom. The van der Waals surface area contributed by atoms with Gasteiger partial charge in [-0.15, -0.1) is 0 Å². The molecule has 1 aliphatic carbocycles. The Morgan fingerprint density at radius 2 is 2.35 bits per heavy atom. The highest BCUT2D eigenvalue weighted by Gasteiger charge is 2.27. The van der Waals surface area contributed by atoms with Gasteiger partial charge in [-0.3, -0.25) is 4.79 Å². The van der Waals surface area contributed by atoms with Crippen LogP contribution in [-0.4, -0.2) is 34.6 Å². The van der Waals surface area contributed by atoms with E-state index in [4.69, 9.17) is 10.8 Å². The highest BCUT2D eigenvalue weighted by atomic mass is 32.1. The van der Waals surface area contributed by atoms with Crippen LogP contribution in [0, 0.1) is 0 Å². The van der Waals surface area contributed by atoms with Crippen LogP contribution in [0.15, 0.2) is 0 Å². The summed E-state index contributed by atoms with van der Waals surface area (Å²) in [6.07, 6.45) is 2.70. The number of hydrogen-bond donors (Lipinski definition) is 4. The van der Waals surface area contributed by atoms with Crippen LogP contribution < -0.4 is 16.4 Å². The molecule has 1 aromatic rings. The minimum Gasteiger partial charge on any atom is -0.396 e. The van der Waals surface area contributed by atoms with Crippen LogP contribution in [0.5, 0.6) is 0 Å². The van der Waals surface area contributed by atoms with Crippen molar-refractivity contribution >= 4 is 28.3 Å². The normalized spacial score (nSPS) is 14.6. The van der Waals surface area contributed by atoms with E-state index in [1.807, 2.05) is 0 Å². The molecule has 0 atom stereocenters. The van der Waals surface area contributed by atoms with E-state index in [1.165, 1.54) is 11.5 Å². The number of carbonyl (C=O) groups is 1. The molecule has 0 unspecified atom stereocenters. The highest BCUT2D eigenvalue weighted by molar-refractivity contribution is 7.11. The van der Waals surface area contributed by atoms with Crippen LogP contribution in [0.2, 0.25) is 0 Å². The van der Waals surface area contributed by atoms with Gasteiger partial charge in [0.15, 0.2) is 5.82 Å². The fraction of sp³-hybridized carbons (Fsp3) is 0.600. The third kappa shape index (κ3) is 3.07. The molecule has 7 heteroatoms. The molecule has 1 saturated carbocycles. The van der Waals surface area contributed by atoms with E-state index in [0.717, 1.165) is 12.8 Å². The fourth-order valence-corrected chi connectivity index (χ4v) is 2.14. The molecule has 2 rings (SSSR count). The van der Waals surface area contributed by atoms with E-state index in [-0.39, 0.29) is 18.3 Å². The minimum atomic E-state index is -0.162. The third-order valence-electron chi connectivity index (χ3n) is 2.48. The summed E-state index contributed by atoms with van der Waals surface area (Å²) in [4.78, 5) is 11.9. The van der Waals surface area contributed by atoms with Gasteiger partial charge in [-0.2, -0.15) is 4.37 Å². The molecule has 0 aromatic carbocycles. The van der Waals surface area contributed by atoms with Crippen molar-refractivity contribution in [1.82, 2.24) is 9.69 Å². The molecule has 17 heavy (non-hydrogen) atoms. The molecular formula is C10H16N4O2S. The summed E-state index contributed by atoms with van der Waals surface area (Å²) < 4.78 is 3.98. The Balaban J connectivity index is 2.02. The van der Waals surface area contributed by atoms with Gasteiger partial charge in [0, 0.05) is 19.2 Å². The predicted molar refractivity (Wildman–Crippen MR) is 67.2 cm³/mol. The van der Waals surface area contributed by atoms with E-state index in [2.05, 4.69) is 15.0 Å². The smallest absolute Gasteiger partial charge is 0.258 e. The average Bonchev–Trinajstić information content (AvgIpc) is 3.02. The van der Waals surface area contributed by atoms with E-state index < -0.39 is 0 Å². The van der Waals surface area contributed by atoms with E-state index in [0.29, 0.717) is 29.6 Å². The third-order valence-corrected chi connectivity index (χ3v) is 3.30. The van der Waals surface area contributed by atoms with Gasteiger partial charge in [-0.05, 0) is 30.8 Å². The minimum absolute atomic E-state index is 0.116. The van der Waals surface area contributed by atoms with Gasteiger partial charge in [-0.1, -0.05) is 0 Å². The zero-order valence-electron chi connectivity index (χ0n) is 9.40. The van der Waals surface area contributed by atoms with Crippen molar-refractivity contribution in [3.63, 3.8) is 0 Å².